The van der Waals surface area contributed by atoms with Crippen LogP contribution in [0.4, 0.5) is 3.89 Å². The number of nitrogens with two attached hydrogens (primary N) is 1. The zero-order valence-corrected chi connectivity index (χ0v) is 13.1. The maximum Gasteiger partial charge on any atom is 0.333 e. The van der Waals surface area contributed by atoms with Crippen molar-refractivity contribution in [2.75, 3.05) is 6.54 Å². The van der Waals surface area contributed by atoms with Gasteiger partial charge in [0.05, 0.1) is 9.79 Å². The second-order valence-electron chi connectivity index (χ2n) is 4.57. The van der Waals surface area contributed by atoms with Crippen LogP contribution in [0, 0.1) is 0 Å². The van der Waals surface area contributed by atoms with Crippen LogP contribution in [0.3, 0.4) is 0 Å². The summed E-state index contributed by atoms with van der Waals surface area (Å²) in [5.74, 6) is 0. The average molecular weight is 343 g/mol. The van der Waals surface area contributed by atoms with E-state index in [2.05, 4.69) is 0 Å². The fourth-order valence-corrected chi connectivity index (χ4v) is 4.52. The van der Waals surface area contributed by atoms with Gasteiger partial charge in [0.15, 0.2) is 0 Å². The largest absolute Gasteiger partial charge is 0.333 e. The van der Waals surface area contributed by atoms with E-state index in [1.54, 1.807) is 12.1 Å². The molecule has 22 heavy (non-hydrogen) atoms. The molecule has 2 aromatic rings. The minimum atomic E-state index is -5.14. The third-order valence-electron chi connectivity index (χ3n) is 3.07. The minimum absolute atomic E-state index is 0.107. The molecule has 118 valence electrons. The summed E-state index contributed by atoms with van der Waals surface area (Å²) in [5, 5.41) is 0. The van der Waals surface area contributed by atoms with Gasteiger partial charge in [0.1, 0.15) is 4.90 Å². The monoisotopic (exact) mass is 343 g/mol. The van der Waals surface area contributed by atoms with Crippen LogP contribution < -0.4 is 5.73 Å². The van der Waals surface area contributed by atoms with Crippen molar-refractivity contribution in [1.29, 1.82) is 0 Å². The number of halogens is 1. The van der Waals surface area contributed by atoms with Crippen molar-refractivity contribution in [3.8, 4) is 0 Å². The molecule has 2 N–H and O–H groups in total. The van der Waals surface area contributed by atoms with Crippen molar-refractivity contribution >= 4 is 20.1 Å². The van der Waals surface area contributed by atoms with Crippen LogP contribution >= 0.6 is 0 Å². The fraction of sp³-hybridized carbons (Fsp3) is 0.143. The molecule has 2 aromatic carbocycles. The number of benzene rings is 2. The Kier molecular flexibility index (Phi) is 4.64. The number of hydrogen-bond donors (Lipinski definition) is 1. The molecule has 5 nitrogen and oxygen atoms in total. The highest BCUT2D eigenvalue weighted by Crippen LogP contribution is 2.28. The molecule has 0 saturated carbocycles. The second kappa shape index (κ2) is 6.15. The molecule has 0 amide bonds. The van der Waals surface area contributed by atoms with E-state index >= 15 is 0 Å². The maximum atomic E-state index is 13.3. The molecule has 0 unspecified atom stereocenters. The summed E-state index contributed by atoms with van der Waals surface area (Å²) in [4.78, 5) is -1.55. The van der Waals surface area contributed by atoms with Crippen LogP contribution in [0.15, 0.2) is 63.2 Å². The Hall–Kier alpha value is -1.77. The zero-order chi connectivity index (χ0) is 16.4. The minimum Gasteiger partial charge on any atom is -0.330 e. The van der Waals surface area contributed by atoms with Crippen LogP contribution in [-0.2, 0) is 26.5 Å². The molecule has 0 spiro atoms. The highest BCUT2D eigenvalue weighted by molar-refractivity contribution is 7.93. The van der Waals surface area contributed by atoms with Crippen molar-refractivity contribution in [3.63, 3.8) is 0 Å². The molecular weight excluding hydrogens is 329 g/mol. The van der Waals surface area contributed by atoms with E-state index in [9.17, 15) is 20.7 Å². The Labute approximate surface area is 128 Å². The average Bonchev–Trinajstić information content (AvgIpc) is 2.47. The molecule has 0 aromatic heterocycles. The summed E-state index contributed by atoms with van der Waals surface area (Å²) in [5.41, 5.74) is 6.27. The summed E-state index contributed by atoms with van der Waals surface area (Å²) >= 11 is 0. The molecule has 0 saturated heterocycles. The molecule has 0 radical (unpaired) electrons. The second-order valence-corrected chi connectivity index (χ2v) is 7.80. The van der Waals surface area contributed by atoms with E-state index in [0.717, 1.165) is 17.7 Å². The van der Waals surface area contributed by atoms with Gasteiger partial charge in [-0.05, 0) is 42.8 Å². The van der Waals surface area contributed by atoms with Crippen molar-refractivity contribution < 1.29 is 20.7 Å². The summed E-state index contributed by atoms with van der Waals surface area (Å²) < 4.78 is 60.6. The Balaban J connectivity index is 2.56. The van der Waals surface area contributed by atoms with Gasteiger partial charge in [-0.2, -0.15) is 8.42 Å². The van der Waals surface area contributed by atoms with Crippen molar-refractivity contribution in [2.24, 2.45) is 5.73 Å². The van der Waals surface area contributed by atoms with Gasteiger partial charge in [-0.3, -0.25) is 0 Å². The summed E-state index contributed by atoms with van der Waals surface area (Å²) in [6, 6.07) is 10.5. The molecule has 0 fully saturated rings. The molecule has 0 atom stereocenters. The van der Waals surface area contributed by atoms with Gasteiger partial charge >= 0.3 is 10.2 Å². The van der Waals surface area contributed by atoms with Gasteiger partial charge in [0.2, 0.25) is 9.84 Å². The predicted molar refractivity (Wildman–Crippen MR) is 79.4 cm³/mol. The first-order chi connectivity index (χ1) is 10.3. The summed E-state index contributed by atoms with van der Waals surface area (Å²) in [6.45, 7) is 0.426. The van der Waals surface area contributed by atoms with Crippen LogP contribution in [-0.4, -0.2) is 23.4 Å². The lowest BCUT2D eigenvalue weighted by Crippen LogP contribution is -2.08. The molecule has 0 aliphatic rings. The third-order valence-corrected chi connectivity index (χ3v) is 5.91. The molecular formula is C14H14FNO4S2. The first kappa shape index (κ1) is 16.6. The van der Waals surface area contributed by atoms with E-state index < -0.39 is 29.9 Å². The predicted octanol–water partition coefficient (Wildman–Crippen LogP) is 1.68. The summed E-state index contributed by atoms with van der Waals surface area (Å²) in [7, 11) is -9.27. The van der Waals surface area contributed by atoms with Gasteiger partial charge in [0.25, 0.3) is 0 Å². The smallest absolute Gasteiger partial charge is 0.330 e. The molecule has 0 aliphatic heterocycles. The van der Waals surface area contributed by atoms with Crippen molar-refractivity contribution in [1.82, 2.24) is 0 Å². The third kappa shape index (κ3) is 3.34. The zero-order valence-electron chi connectivity index (χ0n) is 11.4. The lowest BCUT2D eigenvalue weighted by molar-refractivity contribution is 0.546. The number of sulfone groups is 1. The fourth-order valence-electron chi connectivity index (χ4n) is 2.00. The van der Waals surface area contributed by atoms with Gasteiger partial charge in [-0.15, -0.1) is 3.89 Å². The van der Waals surface area contributed by atoms with Crippen molar-refractivity contribution in [2.45, 2.75) is 21.1 Å². The van der Waals surface area contributed by atoms with E-state index in [1.165, 1.54) is 24.3 Å². The van der Waals surface area contributed by atoms with E-state index in [4.69, 9.17) is 5.73 Å². The van der Waals surface area contributed by atoms with Gasteiger partial charge in [-0.1, -0.05) is 24.3 Å². The number of rotatable bonds is 5. The SMILES string of the molecule is NCCc1ccc(S(=O)(=O)c2ccccc2S(=O)(=O)F)cc1. The molecule has 0 bridgehead atoms. The Bertz CT molecular complexity index is 875. The van der Waals surface area contributed by atoms with E-state index in [-0.39, 0.29) is 4.90 Å². The Morgan fingerprint density at radius 2 is 1.41 bits per heavy atom. The van der Waals surface area contributed by atoms with Crippen LogP contribution in [0.5, 0.6) is 0 Å². The van der Waals surface area contributed by atoms with E-state index in [0.29, 0.717) is 13.0 Å². The Morgan fingerprint density at radius 3 is 1.91 bits per heavy atom. The highest BCUT2D eigenvalue weighted by atomic mass is 32.3. The van der Waals surface area contributed by atoms with Crippen LogP contribution in [0.2, 0.25) is 0 Å². The normalized spacial score (nSPS) is 12.3. The molecule has 8 heteroatoms. The lowest BCUT2D eigenvalue weighted by Gasteiger charge is -2.08. The van der Waals surface area contributed by atoms with Gasteiger partial charge in [0, 0.05) is 0 Å². The first-order valence-corrected chi connectivity index (χ1v) is 9.21. The van der Waals surface area contributed by atoms with Crippen LogP contribution in [0.25, 0.3) is 0 Å². The van der Waals surface area contributed by atoms with Crippen molar-refractivity contribution in [3.05, 3.63) is 54.1 Å². The van der Waals surface area contributed by atoms with Gasteiger partial charge in [-0.25, -0.2) is 8.42 Å². The molecule has 0 heterocycles. The van der Waals surface area contributed by atoms with Gasteiger partial charge < -0.3 is 5.73 Å². The maximum absolute atomic E-state index is 13.3. The van der Waals surface area contributed by atoms with Crippen LogP contribution in [0.1, 0.15) is 5.56 Å². The quantitative estimate of drug-likeness (QED) is 0.834. The lowest BCUT2D eigenvalue weighted by atomic mass is 10.2. The standard InChI is InChI=1S/C14H14FNO4S2/c15-22(19,20)14-4-2-1-3-13(14)21(17,18)12-7-5-11(6-8-12)9-10-16/h1-8H,9-10,16H2. The number of hydrogen-bond acceptors (Lipinski definition) is 5. The van der Waals surface area contributed by atoms with E-state index in [1.807, 2.05) is 0 Å². The topological polar surface area (TPSA) is 94.3 Å². The molecule has 0 aliphatic carbocycles. The first-order valence-electron chi connectivity index (χ1n) is 6.34. The summed E-state index contributed by atoms with van der Waals surface area (Å²) in [6.07, 6.45) is 0.593. The molecule has 2 rings (SSSR count). The Morgan fingerprint density at radius 1 is 0.864 bits per heavy atom. The highest BCUT2D eigenvalue weighted by Gasteiger charge is 2.27.